The van der Waals surface area contributed by atoms with Crippen molar-refractivity contribution in [3.63, 3.8) is 0 Å². The molecule has 0 atom stereocenters. The van der Waals surface area contributed by atoms with Crippen molar-refractivity contribution < 1.29 is 0 Å². The molecule has 0 nitrogen and oxygen atoms in total. The van der Waals surface area contributed by atoms with Crippen molar-refractivity contribution in [2.24, 2.45) is 0 Å². The zero-order valence-electron chi connectivity index (χ0n) is 54.3. The monoisotopic (exact) mass is 1210 g/mol. The van der Waals surface area contributed by atoms with E-state index in [0.29, 0.717) is 0 Å². The van der Waals surface area contributed by atoms with Crippen LogP contribution in [-0.4, -0.2) is 0 Å². The van der Waals surface area contributed by atoms with Crippen molar-refractivity contribution in [2.45, 2.75) is 34.6 Å². The normalized spacial score (nSPS) is 11.4. The molecule has 0 unspecified atom stereocenters. The minimum absolute atomic E-state index is 1.26. The fourth-order valence-electron chi connectivity index (χ4n) is 14.9. The van der Waals surface area contributed by atoms with Crippen molar-refractivity contribution in [1.29, 1.82) is 0 Å². The average molecular weight is 1210 g/mol. The number of aryl methyl sites for hydroxylation is 5. The van der Waals surface area contributed by atoms with Gasteiger partial charge in [0.25, 0.3) is 0 Å². The van der Waals surface area contributed by atoms with Crippen LogP contribution in [0, 0.1) is 34.6 Å². The van der Waals surface area contributed by atoms with Gasteiger partial charge in [0.2, 0.25) is 0 Å². The van der Waals surface area contributed by atoms with E-state index < -0.39 is 0 Å². The maximum Gasteiger partial charge on any atom is -0.00990 e. The molecule has 0 aliphatic carbocycles. The second-order valence-electron chi connectivity index (χ2n) is 25.7. The summed E-state index contributed by atoms with van der Waals surface area (Å²) in [6, 6.07) is 122. The Hall–Kier alpha value is -11.7. The molecule has 0 heteroatoms. The average Bonchev–Trinajstić information content (AvgIpc) is 0.789. The largest absolute Gasteiger partial charge is 0.0616 e. The van der Waals surface area contributed by atoms with Crippen molar-refractivity contribution in [1.82, 2.24) is 0 Å². The molecule has 0 aliphatic heterocycles. The Morgan fingerprint density at radius 1 is 0.137 bits per heavy atom. The molecule has 0 amide bonds. The maximum absolute atomic E-state index is 2.31. The summed E-state index contributed by atoms with van der Waals surface area (Å²) in [6.45, 7) is 10.9. The summed E-state index contributed by atoms with van der Waals surface area (Å²) in [7, 11) is 0. The smallest absolute Gasteiger partial charge is 0.00990 e. The Morgan fingerprint density at radius 2 is 0.358 bits per heavy atom. The van der Waals surface area contributed by atoms with Crippen molar-refractivity contribution in [3.05, 3.63) is 361 Å². The van der Waals surface area contributed by atoms with E-state index in [2.05, 4.69) is 368 Å². The van der Waals surface area contributed by atoms with Crippen LogP contribution < -0.4 is 0 Å². The topological polar surface area (TPSA) is 0 Å². The van der Waals surface area contributed by atoms with Crippen LogP contribution >= 0.6 is 0 Å². The number of benzene rings is 18. The standard InChI is InChI=1S/2C32H24.C31H22/c1-21-17-19-31(25-11-5-3-9-23(21)25)29-15-7-14-28-27(29)13-8-16-30(28)32-20-18-22(2)24-10-4-6-12-26(24)32;1-21-9-11-25-19-27(15-13-23(25)17-21)29-5-3-8-32-30(6-4-7-31(29)32)28-16-14-24-18-22(2)10-12-26(24)20-28;1-21-16-19-31(27-11-5-4-10-25(21)27)30-15-7-13-28-26(12-6-14-29(28)30)24-18-17-22-8-2-3-9-23(22)20-24/h2*3-20H,1-2H3;2-20H,1H3. The lowest BCUT2D eigenvalue weighted by Gasteiger charge is -2.15. The predicted octanol–water partition coefficient (Wildman–Crippen LogP) is 27.0. The molecule has 18 aromatic rings. The van der Waals surface area contributed by atoms with E-state index in [0.717, 1.165) is 0 Å². The van der Waals surface area contributed by atoms with Gasteiger partial charge in [0.15, 0.2) is 0 Å². The molecule has 0 saturated carbocycles. The Kier molecular flexibility index (Phi) is 15.2. The second kappa shape index (κ2) is 24.7. The van der Waals surface area contributed by atoms with E-state index in [-0.39, 0.29) is 0 Å². The van der Waals surface area contributed by atoms with Crippen LogP contribution in [0.25, 0.3) is 164 Å². The number of rotatable bonds is 6. The minimum atomic E-state index is 1.26. The van der Waals surface area contributed by atoms with Gasteiger partial charge in [0.1, 0.15) is 0 Å². The van der Waals surface area contributed by atoms with E-state index in [9.17, 15) is 0 Å². The molecule has 0 radical (unpaired) electrons. The lowest BCUT2D eigenvalue weighted by atomic mass is 9.88. The van der Waals surface area contributed by atoms with Crippen LogP contribution in [0.5, 0.6) is 0 Å². The summed E-state index contributed by atoms with van der Waals surface area (Å²) in [5, 5.41) is 23.4. The summed E-state index contributed by atoms with van der Waals surface area (Å²) in [5.41, 5.74) is 21.9. The van der Waals surface area contributed by atoms with E-state index in [1.165, 1.54) is 192 Å². The molecule has 0 N–H and O–H groups in total. The summed E-state index contributed by atoms with van der Waals surface area (Å²) in [6.07, 6.45) is 0. The van der Waals surface area contributed by atoms with E-state index >= 15 is 0 Å². The van der Waals surface area contributed by atoms with Gasteiger partial charge in [-0.25, -0.2) is 0 Å². The first kappa shape index (κ1) is 58.4. The summed E-state index contributed by atoms with van der Waals surface area (Å²) in [4.78, 5) is 0. The lowest BCUT2D eigenvalue weighted by molar-refractivity contribution is 1.50. The van der Waals surface area contributed by atoms with Gasteiger partial charge in [-0.2, -0.15) is 0 Å². The van der Waals surface area contributed by atoms with Gasteiger partial charge in [0, 0.05) is 0 Å². The highest BCUT2D eigenvalue weighted by Gasteiger charge is 2.17. The van der Waals surface area contributed by atoms with Crippen LogP contribution in [0.1, 0.15) is 27.8 Å². The third-order valence-corrected chi connectivity index (χ3v) is 19.7. The number of hydrogen-bond acceptors (Lipinski definition) is 0. The third kappa shape index (κ3) is 10.9. The zero-order valence-corrected chi connectivity index (χ0v) is 54.3. The molecule has 450 valence electrons. The third-order valence-electron chi connectivity index (χ3n) is 19.7. The molecular weight excluding hydrogens is 1140 g/mol. The maximum atomic E-state index is 2.31. The Morgan fingerprint density at radius 3 is 0.705 bits per heavy atom. The molecule has 0 aliphatic rings. The summed E-state index contributed by atoms with van der Waals surface area (Å²) >= 11 is 0. The van der Waals surface area contributed by atoms with Crippen LogP contribution in [0.2, 0.25) is 0 Å². The fraction of sp³-hybridized carbons (Fsp3) is 0.0526. The highest BCUT2D eigenvalue weighted by molar-refractivity contribution is 6.14. The highest BCUT2D eigenvalue weighted by atomic mass is 14.2. The van der Waals surface area contributed by atoms with Gasteiger partial charge in [-0.05, 0) is 233 Å². The van der Waals surface area contributed by atoms with Gasteiger partial charge in [-0.15, -0.1) is 0 Å². The van der Waals surface area contributed by atoms with E-state index in [4.69, 9.17) is 0 Å². The lowest BCUT2D eigenvalue weighted by Crippen LogP contribution is -1.89. The second-order valence-corrected chi connectivity index (χ2v) is 25.7. The Bertz CT molecular complexity index is 5790. The molecule has 18 rings (SSSR count). The van der Waals surface area contributed by atoms with Crippen LogP contribution in [-0.2, 0) is 0 Å². The molecule has 0 spiro atoms. The number of fused-ring (bicyclic) bond motifs is 9. The molecule has 0 fully saturated rings. The first-order valence-corrected chi connectivity index (χ1v) is 33.2. The fourth-order valence-corrected chi connectivity index (χ4v) is 14.9. The van der Waals surface area contributed by atoms with E-state index in [1.807, 2.05) is 0 Å². The van der Waals surface area contributed by atoms with Crippen molar-refractivity contribution >= 4 is 97.0 Å². The molecule has 0 bridgehead atoms. The molecule has 0 saturated heterocycles. The number of hydrogen-bond donors (Lipinski definition) is 0. The first-order chi connectivity index (χ1) is 46.7. The van der Waals surface area contributed by atoms with Gasteiger partial charge < -0.3 is 0 Å². The highest BCUT2D eigenvalue weighted by Crippen LogP contribution is 2.43. The van der Waals surface area contributed by atoms with Crippen LogP contribution in [0.15, 0.2) is 334 Å². The molecule has 0 heterocycles. The zero-order chi connectivity index (χ0) is 64.1. The van der Waals surface area contributed by atoms with Crippen molar-refractivity contribution in [2.75, 3.05) is 0 Å². The quantitative estimate of drug-likeness (QED) is 0.156. The van der Waals surface area contributed by atoms with E-state index in [1.54, 1.807) is 0 Å². The Balaban J connectivity index is 0.000000112. The summed E-state index contributed by atoms with van der Waals surface area (Å²) < 4.78 is 0. The predicted molar refractivity (Wildman–Crippen MR) is 413 cm³/mol. The van der Waals surface area contributed by atoms with Crippen molar-refractivity contribution in [3.8, 4) is 66.8 Å². The minimum Gasteiger partial charge on any atom is -0.0616 e. The van der Waals surface area contributed by atoms with Crippen LogP contribution in [0.3, 0.4) is 0 Å². The molecule has 18 aromatic carbocycles. The molecule has 95 heavy (non-hydrogen) atoms. The first-order valence-electron chi connectivity index (χ1n) is 33.2. The molecular formula is C95H70. The molecule has 0 aromatic heterocycles. The Labute approximate surface area is 556 Å². The SMILES string of the molecule is Cc1ccc(-c2cccc3c(-c4ccc(C)c5ccccc45)cccc23)c2ccccc12.Cc1ccc(-c2cccc3c(-c4ccc5ccccc5c4)cccc23)c2ccccc12.Cc1ccc2cc(-c3cccc4c(-c5ccc6cc(C)ccc6c5)cccc34)ccc2c1. The van der Waals surface area contributed by atoms with Crippen LogP contribution in [0.4, 0.5) is 0 Å². The van der Waals surface area contributed by atoms with Gasteiger partial charge in [-0.1, -0.05) is 327 Å². The van der Waals surface area contributed by atoms with Gasteiger partial charge >= 0.3 is 0 Å². The van der Waals surface area contributed by atoms with Gasteiger partial charge in [-0.3, -0.25) is 0 Å². The van der Waals surface area contributed by atoms with Gasteiger partial charge in [0.05, 0.1) is 0 Å². The summed E-state index contributed by atoms with van der Waals surface area (Å²) in [5.74, 6) is 0.